The second-order valence-corrected chi connectivity index (χ2v) is 23.4. The minimum Gasteiger partial charge on any atom is -0.460 e. The van der Waals surface area contributed by atoms with Gasteiger partial charge in [-0.05, 0) is 97.5 Å². The van der Waals surface area contributed by atoms with Gasteiger partial charge in [-0.1, -0.05) is 85.8 Å². The van der Waals surface area contributed by atoms with Gasteiger partial charge in [0, 0.05) is 47.9 Å². The molecular formula is C65H68FN9O14. The maximum Gasteiger partial charge on any atom is 0.407 e. The zero-order valence-electron chi connectivity index (χ0n) is 49.7. The van der Waals surface area contributed by atoms with Crippen molar-refractivity contribution in [3.8, 4) is 22.5 Å². The third-order valence-corrected chi connectivity index (χ3v) is 16.4. The van der Waals surface area contributed by atoms with Crippen LogP contribution in [0.1, 0.15) is 115 Å². The number of pyridine rings is 2. The Morgan fingerprint density at radius 2 is 1.43 bits per heavy atom. The summed E-state index contributed by atoms with van der Waals surface area (Å²) in [7, 11) is 0. The molecule has 0 saturated carbocycles. The second-order valence-electron chi connectivity index (χ2n) is 23.4. The lowest BCUT2D eigenvalue weighted by Gasteiger charge is -2.31. The first-order valence-electron chi connectivity index (χ1n) is 29.4. The first kappa shape index (κ1) is 62.2. The largest absolute Gasteiger partial charge is 0.460 e. The number of fused-ring (bicyclic) bond motifs is 8. The number of amides is 7. The van der Waals surface area contributed by atoms with Crippen LogP contribution in [0.4, 0.5) is 9.18 Å². The SMILES string of the molecule is CC[C@@]1(O)C(=O)OCc2c1cc1n(c2=O)Cc2c-1nc1cc(F)c(C)c3c1c2[C@@H](NC(=O)CCNC(=O)CNC(=O)[C@H](Cc1ccccc1)NC(=O)CNC(=O)CNC(=O)C(CC(=O)OC(C)(C)C)NC(=O)OCC1c2ccccc2-c2ccccc21)CC3. The molecule has 4 heterocycles. The zero-order valence-corrected chi connectivity index (χ0v) is 49.7. The Kier molecular flexibility index (Phi) is 18.1. The van der Waals surface area contributed by atoms with Gasteiger partial charge in [-0.2, -0.15) is 0 Å². The number of aliphatic hydroxyl groups is 1. The van der Waals surface area contributed by atoms with E-state index in [1.165, 1.54) is 10.6 Å². The number of hydrogen-bond acceptors (Lipinski definition) is 15. The van der Waals surface area contributed by atoms with E-state index in [1.807, 2.05) is 48.5 Å². The van der Waals surface area contributed by atoms with Gasteiger partial charge in [0.2, 0.25) is 35.4 Å². The molecule has 0 saturated heterocycles. The van der Waals surface area contributed by atoms with Crippen LogP contribution < -0.4 is 42.8 Å². The highest BCUT2D eigenvalue weighted by atomic mass is 19.1. The van der Waals surface area contributed by atoms with Crippen molar-refractivity contribution in [3.63, 3.8) is 0 Å². The molecule has 89 heavy (non-hydrogen) atoms. The van der Waals surface area contributed by atoms with Gasteiger partial charge in [-0.3, -0.25) is 38.4 Å². The topological polar surface area (TPSA) is 321 Å². The number of cyclic esters (lactones) is 1. The number of rotatable bonds is 21. The van der Waals surface area contributed by atoms with Crippen LogP contribution in [0, 0.1) is 12.7 Å². The molecular weight excluding hydrogens is 1150 g/mol. The first-order chi connectivity index (χ1) is 42.5. The molecule has 0 fully saturated rings. The highest BCUT2D eigenvalue weighted by Crippen LogP contribution is 2.47. The van der Waals surface area contributed by atoms with E-state index < -0.39 is 120 Å². The van der Waals surface area contributed by atoms with Crippen molar-refractivity contribution in [1.29, 1.82) is 0 Å². The number of nitrogens with zero attached hydrogens (tertiary/aromatic N) is 2. The third kappa shape index (κ3) is 13.4. The maximum atomic E-state index is 15.5. The fourth-order valence-corrected chi connectivity index (χ4v) is 12.0. The molecule has 1 unspecified atom stereocenters. The Morgan fingerprint density at radius 1 is 0.787 bits per heavy atom. The van der Waals surface area contributed by atoms with Crippen LogP contribution >= 0.6 is 0 Å². The Balaban J connectivity index is 0.713. The number of esters is 2. The molecule has 2 aliphatic heterocycles. The number of ether oxygens (including phenoxy) is 3. The van der Waals surface area contributed by atoms with E-state index in [0.29, 0.717) is 57.4 Å². The predicted molar refractivity (Wildman–Crippen MR) is 320 cm³/mol. The molecule has 24 heteroatoms. The Hall–Kier alpha value is -9.84. The smallest absolute Gasteiger partial charge is 0.407 e. The van der Waals surface area contributed by atoms with E-state index in [-0.39, 0.29) is 62.6 Å². The monoisotopic (exact) mass is 1220 g/mol. The molecule has 0 spiro atoms. The summed E-state index contributed by atoms with van der Waals surface area (Å²) in [6, 6.07) is 23.6. The van der Waals surface area contributed by atoms with Crippen LogP contribution in [0.3, 0.4) is 0 Å². The fourth-order valence-electron chi connectivity index (χ4n) is 12.0. The summed E-state index contributed by atoms with van der Waals surface area (Å²) in [6.45, 7) is 5.80. The van der Waals surface area contributed by atoms with Crippen LogP contribution in [-0.4, -0.2) is 119 Å². The number of nitrogens with one attached hydrogen (secondary N) is 7. The number of hydrogen-bond donors (Lipinski definition) is 8. The molecule has 6 aromatic rings. The van der Waals surface area contributed by atoms with Crippen molar-refractivity contribution < 1.29 is 66.9 Å². The molecule has 4 atom stereocenters. The van der Waals surface area contributed by atoms with Crippen molar-refractivity contribution in [3.05, 3.63) is 157 Å². The molecule has 0 radical (unpaired) electrons. The van der Waals surface area contributed by atoms with Gasteiger partial charge in [-0.25, -0.2) is 19.0 Å². The minimum absolute atomic E-state index is 0.0177. The molecule has 2 aliphatic carbocycles. The van der Waals surface area contributed by atoms with Crippen molar-refractivity contribution in [2.45, 2.75) is 122 Å². The molecule has 10 rings (SSSR count). The summed E-state index contributed by atoms with van der Waals surface area (Å²) in [5.74, 6) is -6.85. The average Bonchev–Trinajstić information content (AvgIpc) is 1.64. The lowest BCUT2D eigenvalue weighted by atomic mass is 9.81. The van der Waals surface area contributed by atoms with Gasteiger partial charge in [0.1, 0.15) is 36.7 Å². The van der Waals surface area contributed by atoms with Crippen LogP contribution in [0.25, 0.3) is 33.4 Å². The summed E-state index contributed by atoms with van der Waals surface area (Å²) in [5, 5.41) is 30.0. The molecule has 7 amide bonds. The van der Waals surface area contributed by atoms with Gasteiger partial charge < -0.3 is 61.1 Å². The van der Waals surface area contributed by atoms with Gasteiger partial charge in [0.25, 0.3) is 5.56 Å². The maximum absolute atomic E-state index is 15.5. The average molecular weight is 1220 g/mol. The Labute approximate surface area is 510 Å². The van der Waals surface area contributed by atoms with E-state index in [1.54, 1.807) is 71.0 Å². The van der Waals surface area contributed by atoms with Gasteiger partial charge in [-0.15, -0.1) is 0 Å². The van der Waals surface area contributed by atoms with Crippen LogP contribution in [0.15, 0.2) is 95.8 Å². The van der Waals surface area contributed by atoms with Crippen LogP contribution in [0.5, 0.6) is 0 Å². The quantitative estimate of drug-likeness (QED) is 0.0374. The number of aryl methyl sites for hydroxylation is 1. The van der Waals surface area contributed by atoms with Crippen molar-refractivity contribution in [2.75, 3.05) is 32.8 Å². The second kappa shape index (κ2) is 25.9. The van der Waals surface area contributed by atoms with Gasteiger partial charge in [0.15, 0.2) is 5.60 Å². The van der Waals surface area contributed by atoms with Crippen molar-refractivity contribution in [1.82, 2.24) is 46.8 Å². The lowest BCUT2D eigenvalue weighted by molar-refractivity contribution is -0.172. The molecule has 4 aliphatic rings. The first-order valence-corrected chi connectivity index (χ1v) is 29.4. The molecule has 8 N–H and O–H groups in total. The van der Waals surface area contributed by atoms with Crippen molar-refractivity contribution in [2.24, 2.45) is 0 Å². The number of carbonyl (C=O) groups is 9. The number of aromatic nitrogens is 2. The lowest BCUT2D eigenvalue weighted by Crippen LogP contribution is -2.53. The highest BCUT2D eigenvalue weighted by Gasteiger charge is 2.46. The van der Waals surface area contributed by atoms with Gasteiger partial charge in [0.05, 0.1) is 61.1 Å². The van der Waals surface area contributed by atoms with E-state index in [0.717, 1.165) is 27.8 Å². The van der Waals surface area contributed by atoms with Crippen molar-refractivity contribution >= 4 is 64.4 Å². The number of halogens is 1. The van der Waals surface area contributed by atoms with Crippen LogP contribution in [-0.2, 0) is 84.2 Å². The highest BCUT2D eigenvalue weighted by molar-refractivity contribution is 5.96. The minimum atomic E-state index is -2.07. The summed E-state index contributed by atoms with van der Waals surface area (Å²) < 4.78 is 33.2. The van der Waals surface area contributed by atoms with E-state index >= 15 is 4.39 Å². The standard InChI is InChI=1S/C65H68FN9O14/c1-6-65(86)44-25-50-58-41(31-75(50)61(83)43(44)33-87-62(65)84)57-46(21-20-36-34(2)45(66)26-47(73-58)56(36)57)71-51(76)22-23-67-52(77)28-69-59(81)48(24-35-14-8-7-9-15-35)72-54(79)30-68-53(78)29-70-60(82)49(27-55(80)89-64(3,4)5)74-63(85)88-32-42-39-18-12-10-16-37(39)38-17-11-13-19-40(38)42/h7-19,25-26,42,46,48-49,86H,6,20-24,27-33H2,1-5H3,(H,67,77)(H,68,78)(H,69,81)(H,70,82)(H,71,76)(H,72,79)(H,74,85)/t46-,48-,49?,65-/m0/s1. The molecule has 0 bridgehead atoms. The van der Waals surface area contributed by atoms with Crippen LogP contribution in [0.2, 0.25) is 0 Å². The van der Waals surface area contributed by atoms with E-state index in [2.05, 4.69) is 37.2 Å². The summed E-state index contributed by atoms with van der Waals surface area (Å²) in [5.41, 5.74) is 4.77. The summed E-state index contributed by atoms with van der Waals surface area (Å²) in [6.07, 6.45) is -1.10. The third-order valence-electron chi connectivity index (χ3n) is 16.4. The summed E-state index contributed by atoms with van der Waals surface area (Å²) in [4.78, 5) is 138. The number of benzene rings is 4. The zero-order chi connectivity index (χ0) is 63.5. The normalized spacial score (nSPS) is 16.6. The van der Waals surface area contributed by atoms with E-state index in [9.17, 15) is 53.1 Å². The molecule has 4 aromatic carbocycles. The fraction of sp³-hybridized carbons (Fsp3) is 0.369. The number of carbonyl (C=O) groups excluding carboxylic acids is 9. The number of alkyl carbamates (subject to hydrolysis) is 1. The molecule has 464 valence electrons. The molecule has 2 aromatic heterocycles. The van der Waals surface area contributed by atoms with E-state index in [4.69, 9.17) is 19.2 Å². The predicted octanol–water partition coefficient (Wildman–Crippen LogP) is 3.85. The Morgan fingerprint density at radius 3 is 2.10 bits per heavy atom. The summed E-state index contributed by atoms with van der Waals surface area (Å²) >= 11 is 0. The Bertz CT molecular complexity index is 3890. The molecule has 23 nitrogen and oxygen atoms in total. The van der Waals surface area contributed by atoms with Gasteiger partial charge >= 0.3 is 18.0 Å².